The molecule has 2 heterocycles. The lowest BCUT2D eigenvalue weighted by Crippen LogP contribution is -2.48. The van der Waals surface area contributed by atoms with Crippen molar-refractivity contribution in [3.05, 3.63) is 12.2 Å². The summed E-state index contributed by atoms with van der Waals surface area (Å²) >= 11 is 0. The SMILES string of the molecule is C=C1C2(NC)CCN(C2)C1(C)C. The Morgan fingerprint density at radius 2 is 2.17 bits per heavy atom. The molecule has 2 unspecified atom stereocenters. The van der Waals surface area contributed by atoms with E-state index in [9.17, 15) is 0 Å². The van der Waals surface area contributed by atoms with Crippen LogP contribution in [0.5, 0.6) is 0 Å². The second-order valence-electron chi connectivity index (χ2n) is 4.54. The fourth-order valence-electron chi connectivity index (χ4n) is 2.66. The zero-order valence-electron chi connectivity index (χ0n) is 8.28. The van der Waals surface area contributed by atoms with Gasteiger partial charge in [0.2, 0.25) is 0 Å². The predicted molar refractivity (Wildman–Crippen MR) is 51.2 cm³/mol. The van der Waals surface area contributed by atoms with Gasteiger partial charge < -0.3 is 5.32 Å². The van der Waals surface area contributed by atoms with E-state index in [2.05, 4.69) is 37.7 Å². The number of rotatable bonds is 1. The van der Waals surface area contributed by atoms with E-state index in [4.69, 9.17) is 0 Å². The molecule has 2 rings (SSSR count). The first-order valence-corrected chi connectivity index (χ1v) is 4.67. The molecule has 2 aliphatic heterocycles. The molecular formula is C10H18N2. The van der Waals surface area contributed by atoms with Crippen molar-refractivity contribution in [3.63, 3.8) is 0 Å². The molecule has 0 aromatic heterocycles. The zero-order valence-corrected chi connectivity index (χ0v) is 8.28. The Balaban J connectivity index is 2.38. The van der Waals surface area contributed by atoms with E-state index in [0.717, 1.165) is 6.54 Å². The van der Waals surface area contributed by atoms with Crippen molar-refractivity contribution in [2.75, 3.05) is 20.1 Å². The maximum atomic E-state index is 4.23. The molecule has 2 saturated heterocycles. The number of nitrogens with zero attached hydrogens (tertiary/aromatic N) is 1. The molecule has 2 aliphatic rings. The third-order valence-electron chi connectivity index (χ3n) is 3.85. The highest BCUT2D eigenvalue weighted by atomic mass is 15.3. The molecule has 0 radical (unpaired) electrons. The number of fused-ring (bicyclic) bond motifs is 2. The van der Waals surface area contributed by atoms with Crippen molar-refractivity contribution in [2.45, 2.75) is 31.3 Å². The maximum absolute atomic E-state index is 4.23. The summed E-state index contributed by atoms with van der Waals surface area (Å²) in [5.74, 6) is 0. The molecule has 2 nitrogen and oxygen atoms in total. The van der Waals surface area contributed by atoms with Gasteiger partial charge in [-0.3, -0.25) is 4.90 Å². The van der Waals surface area contributed by atoms with Gasteiger partial charge in [0.15, 0.2) is 0 Å². The Morgan fingerprint density at radius 1 is 1.50 bits per heavy atom. The van der Waals surface area contributed by atoms with Gasteiger partial charge in [-0.15, -0.1) is 0 Å². The zero-order chi connectivity index (χ0) is 8.98. The summed E-state index contributed by atoms with van der Waals surface area (Å²) in [6, 6.07) is 0. The first-order valence-electron chi connectivity index (χ1n) is 4.67. The fraction of sp³-hybridized carbons (Fsp3) is 0.800. The molecule has 2 heteroatoms. The van der Waals surface area contributed by atoms with E-state index in [1.165, 1.54) is 18.5 Å². The van der Waals surface area contributed by atoms with Crippen LogP contribution in [0.3, 0.4) is 0 Å². The smallest absolute Gasteiger partial charge is 0.0548 e. The summed E-state index contributed by atoms with van der Waals surface area (Å²) in [6.07, 6.45) is 1.23. The van der Waals surface area contributed by atoms with Gasteiger partial charge in [-0.2, -0.15) is 0 Å². The van der Waals surface area contributed by atoms with Crippen LogP contribution in [-0.4, -0.2) is 36.1 Å². The molecule has 2 fully saturated rings. The fourth-order valence-corrected chi connectivity index (χ4v) is 2.66. The van der Waals surface area contributed by atoms with E-state index in [-0.39, 0.29) is 11.1 Å². The third-order valence-corrected chi connectivity index (χ3v) is 3.85. The first-order chi connectivity index (χ1) is 5.53. The average molecular weight is 166 g/mol. The van der Waals surface area contributed by atoms with Crippen molar-refractivity contribution in [1.29, 1.82) is 0 Å². The number of piperidine rings is 1. The average Bonchev–Trinajstić information content (AvgIpc) is 2.53. The van der Waals surface area contributed by atoms with Crippen LogP contribution in [0.15, 0.2) is 12.2 Å². The highest BCUT2D eigenvalue weighted by molar-refractivity contribution is 5.37. The van der Waals surface area contributed by atoms with E-state index >= 15 is 0 Å². The second kappa shape index (κ2) is 2.12. The third kappa shape index (κ3) is 0.723. The molecule has 0 aromatic carbocycles. The van der Waals surface area contributed by atoms with E-state index in [0.29, 0.717) is 0 Å². The van der Waals surface area contributed by atoms with Crippen molar-refractivity contribution >= 4 is 0 Å². The summed E-state index contributed by atoms with van der Waals surface area (Å²) in [5.41, 5.74) is 1.80. The van der Waals surface area contributed by atoms with Gasteiger partial charge in [-0.1, -0.05) is 6.58 Å². The lowest BCUT2D eigenvalue weighted by atomic mass is 9.80. The van der Waals surface area contributed by atoms with Crippen LogP contribution in [0.25, 0.3) is 0 Å². The van der Waals surface area contributed by atoms with Crippen molar-refractivity contribution in [3.8, 4) is 0 Å². The molecule has 0 saturated carbocycles. The van der Waals surface area contributed by atoms with Crippen LogP contribution in [0, 0.1) is 0 Å². The van der Waals surface area contributed by atoms with Crippen LogP contribution in [0.1, 0.15) is 20.3 Å². The largest absolute Gasteiger partial charge is 0.310 e. The Morgan fingerprint density at radius 3 is 2.50 bits per heavy atom. The minimum Gasteiger partial charge on any atom is -0.310 e. The molecule has 2 bridgehead atoms. The number of likely N-dealkylation sites (N-methyl/N-ethyl adjacent to an activating group) is 1. The van der Waals surface area contributed by atoms with Gasteiger partial charge in [0.05, 0.1) is 5.54 Å². The number of hydrogen-bond donors (Lipinski definition) is 1. The van der Waals surface area contributed by atoms with E-state index in [1.54, 1.807) is 0 Å². The molecule has 1 N–H and O–H groups in total. The van der Waals surface area contributed by atoms with Gasteiger partial charge in [0.1, 0.15) is 0 Å². The Hall–Kier alpha value is -0.340. The molecule has 0 aromatic rings. The van der Waals surface area contributed by atoms with Gasteiger partial charge in [0.25, 0.3) is 0 Å². The number of hydrogen-bond acceptors (Lipinski definition) is 2. The highest BCUT2D eigenvalue weighted by Gasteiger charge is 2.55. The normalized spacial score (nSPS) is 43.9. The maximum Gasteiger partial charge on any atom is 0.0548 e. The molecule has 2 atom stereocenters. The second-order valence-corrected chi connectivity index (χ2v) is 4.54. The Kier molecular flexibility index (Phi) is 1.46. The van der Waals surface area contributed by atoms with Gasteiger partial charge >= 0.3 is 0 Å². The summed E-state index contributed by atoms with van der Waals surface area (Å²) in [5, 5.41) is 3.43. The first kappa shape index (κ1) is 8.27. The molecule has 0 aliphatic carbocycles. The van der Waals surface area contributed by atoms with Gasteiger partial charge in [-0.25, -0.2) is 0 Å². The Labute approximate surface area is 74.6 Å². The minimum absolute atomic E-state index is 0.210. The highest BCUT2D eigenvalue weighted by Crippen LogP contribution is 2.46. The lowest BCUT2D eigenvalue weighted by molar-refractivity contribution is 0.214. The van der Waals surface area contributed by atoms with Crippen LogP contribution in [0.4, 0.5) is 0 Å². The monoisotopic (exact) mass is 166 g/mol. The van der Waals surface area contributed by atoms with Crippen LogP contribution < -0.4 is 5.32 Å². The van der Waals surface area contributed by atoms with Crippen LogP contribution in [0.2, 0.25) is 0 Å². The summed E-state index contributed by atoms with van der Waals surface area (Å²) in [7, 11) is 2.05. The summed E-state index contributed by atoms with van der Waals surface area (Å²) < 4.78 is 0. The molecule has 12 heavy (non-hydrogen) atoms. The van der Waals surface area contributed by atoms with Crippen LogP contribution in [-0.2, 0) is 0 Å². The van der Waals surface area contributed by atoms with Gasteiger partial charge in [-0.05, 0) is 32.9 Å². The lowest BCUT2D eigenvalue weighted by Gasteiger charge is -2.38. The minimum atomic E-state index is 0.210. The molecule has 0 amide bonds. The van der Waals surface area contributed by atoms with Crippen LogP contribution >= 0.6 is 0 Å². The number of nitrogens with one attached hydrogen (secondary N) is 1. The topological polar surface area (TPSA) is 15.3 Å². The molecule has 0 spiro atoms. The summed E-state index contributed by atoms with van der Waals surface area (Å²) in [6.45, 7) is 11.1. The quantitative estimate of drug-likeness (QED) is 0.585. The Bertz CT molecular complexity index is 232. The standard InChI is InChI=1S/C10H18N2/c1-8-9(2,3)12-6-5-10(8,7-12)11-4/h11H,1,5-7H2,2-4H3. The molecule has 68 valence electrons. The predicted octanol–water partition coefficient (Wildman–Crippen LogP) is 0.999. The van der Waals surface area contributed by atoms with Crippen molar-refractivity contribution < 1.29 is 0 Å². The van der Waals surface area contributed by atoms with Gasteiger partial charge in [0, 0.05) is 18.6 Å². The van der Waals surface area contributed by atoms with E-state index in [1.807, 2.05) is 0 Å². The van der Waals surface area contributed by atoms with Crippen molar-refractivity contribution in [1.82, 2.24) is 10.2 Å². The van der Waals surface area contributed by atoms with E-state index < -0.39 is 0 Å². The summed E-state index contributed by atoms with van der Waals surface area (Å²) in [4.78, 5) is 2.52. The molecular weight excluding hydrogens is 148 g/mol. The van der Waals surface area contributed by atoms with Crippen molar-refractivity contribution in [2.24, 2.45) is 0 Å².